The van der Waals surface area contributed by atoms with Crippen LogP contribution in [0.3, 0.4) is 0 Å². The predicted octanol–water partition coefficient (Wildman–Crippen LogP) is 2.57. The number of piperidine rings is 1. The van der Waals surface area contributed by atoms with Crippen molar-refractivity contribution in [3.63, 3.8) is 0 Å². The van der Waals surface area contributed by atoms with E-state index in [1.807, 2.05) is 0 Å². The average molecular weight is 339 g/mol. The third kappa shape index (κ3) is 3.28. The van der Waals surface area contributed by atoms with Gasteiger partial charge in [-0.15, -0.1) is 12.4 Å². The Hall–Kier alpha value is -0.330. The van der Waals surface area contributed by atoms with Crippen molar-refractivity contribution in [2.45, 2.75) is 37.1 Å². The van der Waals surface area contributed by atoms with Gasteiger partial charge in [-0.2, -0.15) is 4.31 Å². The van der Waals surface area contributed by atoms with Crippen LogP contribution in [0.25, 0.3) is 0 Å². The molecule has 4 nitrogen and oxygen atoms in total. The molecule has 1 aliphatic rings. The number of sulfonamides is 1. The quantitative estimate of drug-likeness (QED) is 0.921. The first-order valence-electron chi connectivity index (χ1n) is 6.45. The molecule has 1 atom stereocenters. The molecule has 1 fully saturated rings. The molecule has 0 aromatic heterocycles. The van der Waals surface area contributed by atoms with Crippen molar-refractivity contribution in [1.82, 2.24) is 4.31 Å². The van der Waals surface area contributed by atoms with Gasteiger partial charge in [-0.3, -0.25) is 0 Å². The largest absolute Gasteiger partial charge is 0.329 e. The Morgan fingerprint density at radius 2 is 2.10 bits per heavy atom. The molecule has 0 amide bonds. The monoisotopic (exact) mass is 338 g/mol. The molecule has 7 heteroatoms. The van der Waals surface area contributed by atoms with Crippen LogP contribution in [0, 0.1) is 6.92 Å². The first kappa shape index (κ1) is 17.7. The second-order valence-corrected chi connectivity index (χ2v) is 7.13. The van der Waals surface area contributed by atoms with Crippen LogP contribution in [0.4, 0.5) is 0 Å². The van der Waals surface area contributed by atoms with E-state index in [1.165, 1.54) is 4.31 Å². The SMILES string of the molecule is Cc1c(Cl)cccc1S(=O)(=O)N1CCCCC1CN.Cl. The molecule has 0 saturated carbocycles. The minimum absolute atomic E-state index is 0. The molecular weight excluding hydrogens is 319 g/mol. The highest BCUT2D eigenvalue weighted by Gasteiger charge is 2.33. The fraction of sp³-hybridized carbons (Fsp3) is 0.538. The Kier molecular flexibility index (Phi) is 6.28. The molecule has 20 heavy (non-hydrogen) atoms. The van der Waals surface area contributed by atoms with E-state index in [9.17, 15) is 8.42 Å². The number of hydrogen-bond donors (Lipinski definition) is 1. The summed E-state index contributed by atoms with van der Waals surface area (Å²) in [7, 11) is -3.51. The number of nitrogens with two attached hydrogens (primary N) is 1. The van der Waals surface area contributed by atoms with Gasteiger partial charge in [-0.25, -0.2) is 8.42 Å². The normalized spacial score (nSPS) is 20.4. The average Bonchev–Trinajstić information content (AvgIpc) is 2.41. The number of nitrogens with zero attached hydrogens (tertiary/aromatic N) is 1. The van der Waals surface area contributed by atoms with E-state index >= 15 is 0 Å². The fourth-order valence-corrected chi connectivity index (χ4v) is 4.70. The number of rotatable bonds is 3. The van der Waals surface area contributed by atoms with Crippen molar-refractivity contribution in [3.8, 4) is 0 Å². The maximum atomic E-state index is 12.7. The molecule has 1 saturated heterocycles. The zero-order valence-electron chi connectivity index (χ0n) is 11.4. The van der Waals surface area contributed by atoms with Crippen LogP contribution >= 0.6 is 24.0 Å². The Bertz CT molecular complexity index is 563. The second-order valence-electron chi connectivity index (χ2n) is 4.86. The molecule has 1 unspecified atom stereocenters. The molecule has 2 N–H and O–H groups in total. The van der Waals surface area contributed by atoms with Crippen LogP contribution in [-0.2, 0) is 10.0 Å². The molecule has 0 spiro atoms. The van der Waals surface area contributed by atoms with E-state index in [0.29, 0.717) is 28.6 Å². The highest BCUT2D eigenvalue weighted by molar-refractivity contribution is 7.89. The van der Waals surface area contributed by atoms with Gasteiger partial charge in [0.05, 0.1) is 4.90 Å². The van der Waals surface area contributed by atoms with Gasteiger partial charge in [0.15, 0.2) is 0 Å². The smallest absolute Gasteiger partial charge is 0.243 e. The van der Waals surface area contributed by atoms with E-state index in [2.05, 4.69) is 0 Å². The topological polar surface area (TPSA) is 63.4 Å². The van der Waals surface area contributed by atoms with Gasteiger partial charge >= 0.3 is 0 Å². The van der Waals surface area contributed by atoms with Crippen LogP contribution < -0.4 is 5.73 Å². The summed E-state index contributed by atoms with van der Waals surface area (Å²) in [5.41, 5.74) is 6.31. The van der Waals surface area contributed by atoms with Gasteiger partial charge in [-0.1, -0.05) is 24.1 Å². The first-order chi connectivity index (χ1) is 8.98. The molecular formula is C13H20Cl2N2O2S. The standard InChI is InChI=1S/C13H19ClN2O2S.ClH/c1-10-12(14)6-4-7-13(10)19(17,18)16-8-3-2-5-11(16)9-15;/h4,6-7,11H,2-3,5,8-9,15H2,1H3;1H. The molecule has 114 valence electrons. The molecule has 1 aromatic rings. The summed E-state index contributed by atoms with van der Waals surface area (Å²) in [5.74, 6) is 0. The van der Waals surface area contributed by atoms with Crippen LogP contribution in [0.1, 0.15) is 24.8 Å². The van der Waals surface area contributed by atoms with Gasteiger partial charge in [0.1, 0.15) is 0 Å². The molecule has 0 bridgehead atoms. The van der Waals surface area contributed by atoms with Gasteiger partial charge in [0.25, 0.3) is 0 Å². The van der Waals surface area contributed by atoms with Crippen molar-refractivity contribution >= 4 is 34.0 Å². The lowest BCUT2D eigenvalue weighted by Gasteiger charge is -2.34. The van der Waals surface area contributed by atoms with E-state index in [-0.39, 0.29) is 18.4 Å². The highest BCUT2D eigenvalue weighted by Crippen LogP contribution is 2.29. The second kappa shape index (κ2) is 7.09. The first-order valence-corrected chi connectivity index (χ1v) is 8.27. The van der Waals surface area contributed by atoms with Crippen molar-refractivity contribution < 1.29 is 8.42 Å². The minimum Gasteiger partial charge on any atom is -0.329 e. The summed E-state index contributed by atoms with van der Waals surface area (Å²) in [5, 5.41) is 0.474. The maximum absolute atomic E-state index is 12.7. The Labute approximate surface area is 131 Å². The van der Waals surface area contributed by atoms with Crippen molar-refractivity contribution in [1.29, 1.82) is 0 Å². The number of hydrogen-bond acceptors (Lipinski definition) is 3. The number of halogens is 2. The zero-order chi connectivity index (χ0) is 14.0. The Balaban J connectivity index is 0.00000200. The van der Waals surface area contributed by atoms with Gasteiger partial charge in [-0.05, 0) is 37.5 Å². The summed E-state index contributed by atoms with van der Waals surface area (Å²) >= 11 is 6.02. The summed E-state index contributed by atoms with van der Waals surface area (Å²) in [6.07, 6.45) is 2.74. The molecule has 1 heterocycles. The van der Waals surface area contributed by atoms with Crippen LogP contribution in [0.5, 0.6) is 0 Å². The van der Waals surface area contributed by atoms with Gasteiger partial charge in [0.2, 0.25) is 10.0 Å². The molecule has 1 aromatic carbocycles. The third-order valence-corrected chi connectivity index (χ3v) is 6.16. The Morgan fingerprint density at radius 1 is 1.40 bits per heavy atom. The maximum Gasteiger partial charge on any atom is 0.243 e. The summed E-state index contributed by atoms with van der Waals surface area (Å²) < 4.78 is 27.0. The molecule has 0 radical (unpaired) electrons. The lowest BCUT2D eigenvalue weighted by Crippen LogP contribution is -2.47. The van der Waals surface area contributed by atoms with Crippen LogP contribution in [0.2, 0.25) is 5.02 Å². The van der Waals surface area contributed by atoms with Crippen LogP contribution in [-0.4, -0.2) is 31.9 Å². The van der Waals surface area contributed by atoms with Crippen molar-refractivity contribution in [2.24, 2.45) is 5.73 Å². The Morgan fingerprint density at radius 3 is 2.75 bits per heavy atom. The van der Waals surface area contributed by atoms with E-state index < -0.39 is 10.0 Å². The molecule has 2 rings (SSSR count). The highest BCUT2D eigenvalue weighted by atomic mass is 35.5. The summed E-state index contributed by atoms with van der Waals surface area (Å²) in [6, 6.07) is 4.88. The molecule has 1 aliphatic heterocycles. The van der Waals surface area contributed by atoms with Crippen molar-refractivity contribution in [2.75, 3.05) is 13.1 Å². The fourth-order valence-electron chi connectivity index (χ4n) is 2.52. The van der Waals surface area contributed by atoms with Gasteiger partial charge < -0.3 is 5.73 Å². The summed E-state index contributed by atoms with van der Waals surface area (Å²) in [6.45, 7) is 2.63. The van der Waals surface area contributed by atoms with Crippen molar-refractivity contribution in [3.05, 3.63) is 28.8 Å². The van der Waals surface area contributed by atoms with Gasteiger partial charge in [0, 0.05) is 24.2 Å². The molecule has 0 aliphatic carbocycles. The van der Waals surface area contributed by atoms with E-state index in [4.69, 9.17) is 17.3 Å². The van der Waals surface area contributed by atoms with E-state index in [1.54, 1.807) is 25.1 Å². The number of benzene rings is 1. The lowest BCUT2D eigenvalue weighted by molar-refractivity contribution is 0.257. The predicted molar refractivity (Wildman–Crippen MR) is 84.0 cm³/mol. The zero-order valence-corrected chi connectivity index (χ0v) is 13.8. The minimum atomic E-state index is -3.51. The summed E-state index contributed by atoms with van der Waals surface area (Å²) in [4.78, 5) is 0.292. The van der Waals surface area contributed by atoms with Crippen LogP contribution in [0.15, 0.2) is 23.1 Å². The third-order valence-electron chi connectivity index (χ3n) is 3.65. The lowest BCUT2D eigenvalue weighted by atomic mass is 10.1. The van der Waals surface area contributed by atoms with E-state index in [0.717, 1.165) is 19.3 Å².